The second kappa shape index (κ2) is 7.19. The van der Waals surface area contributed by atoms with E-state index in [-0.39, 0.29) is 5.56 Å². The first kappa shape index (κ1) is 17.2. The predicted octanol–water partition coefficient (Wildman–Crippen LogP) is 3.70. The lowest BCUT2D eigenvalue weighted by Crippen LogP contribution is -2.35. The van der Waals surface area contributed by atoms with Gasteiger partial charge >= 0.3 is 0 Å². The number of hydrogen-bond acceptors (Lipinski definition) is 4. The molecule has 0 atom stereocenters. The number of rotatable bonds is 3. The molecule has 0 radical (unpaired) electrons. The number of pyridine rings is 1. The molecular formula is C19H16Cl2N4O. The molecule has 132 valence electrons. The highest BCUT2D eigenvalue weighted by atomic mass is 35.5. The number of hydrogen-bond donors (Lipinski definition) is 1. The van der Waals surface area contributed by atoms with Crippen molar-refractivity contribution in [2.75, 3.05) is 6.54 Å². The van der Waals surface area contributed by atoms with E-state index in [9.17, 15) is 4.79 Å². The minimum Gasteiger partial charge on any atom is -0.306 e. The normalized spacial score (nSPS) is 14.2. The van der Waals surface area contributed by atoms with Gasteiger partial charge in [0, 0.05) is 36.3 Å². The van der Waals surface area contributed by atoms with Crippen LogP contribution in [0, 0.1) is 0 Å². The van der Waals surface area contributed by atoms with Gasteiger partial charge in [-0.1, -0.05) is 59.6 Å². The second-order valence-electron chi connectivity index (χ2n) is 6.25. The summed E-state index contributed by atoms with van der Waals surface area (Å²) in [4.78, 5) is 26.4. The number of fused-ring (bicyclic) bond motifs is 1. The summed E-state index contributed by atoms with van der Waals surface area (Å²) in [5, 5.41) is 0.788. The summed E-state index contributed by atoms with van der Waals surface area (Å²) >= 11 is 12.0. The fourth-order valence-electron chi connectivity index (χ4n) is 3.16. The van der Waals surface area contributed by atoms with Crippen molar-refractivity contribution >= 4 is 23.2 Å². The number of aromatic amines is 1. The topological polar surface area (TPSA) is 61.9 Å². The SMILES string of the molecule is O=c1[nH]c(-c2ccccc2)nc2c1CCN(Cc1ccc(Cl)nc1Cl)C2. The zero-order valence-corrected chi connectivity index (χ0v) is 15.4. The Kier molecular flexibility index (Phi) is 4.76. The fraction of sp³-hybridized carbons (Fsp3) is 0.211. The van der Waals surface area contributed by atoms with E-state index in [4.69, 9.17) is 28.2 Å². The number of aromatic nitrogens is 3. The van der Waals surface area contributed by atoms with Crippen LogP contribution in [0.1, 0.15) is 16.8 Å². The Bertz CT molecular complexity index is 1000. The third-order valence-corrected chi connectivity index (χ3v) is 5.02. The average Bonchev–Trinajstić information content (AvgIpc) is 2.64. The number of benzene rings is 1. The minimum atomic E-state index is -0.0558. The van der Waals surface area contributed by atoms with Crippen molar-refractivity contribution in [3.63, 3.8) is 0 Å². The van der Waals surface area contributed by atoms with Gasteiger partial charge in [-0.25, -0.2) is 9.97 Å². The molecule has 1 aliphatic rings. The first-order valence-electron chi connectivity index (χ1n) is 8.31. The van der Waals surface area contributed by atoms with Gasteiger partial charge < -0.3 is 4.98 Å². The zero-order valence-electron chi connectivity index (χ0n) is 13.9. The molecule has 1 N–H and O–H groups in total. The van der Waals surface area contributed by atoms with Crippen LogP contribution in [-0.2, 0) is 19.5 Å². The molecule has 2 aromatic heterocycles. The lowest BCUT2D eigenvalue weighted by atomic mass is 10.1. The summed E-state index contributed by atoms with van der Waals surface area (Å²) in [6, 6.07) is 13.3. The molecule has 7 heteroatoms. The number of nitrogens with zero attached hydrogens (tertiary/aromatic N) is 3. The molecule has 0 amide bonds. The third-order valence-electron chi connectivity index (χ3n) is 4.49. The van der Waals surface area contributed by atoms with E-state index in [0.717, 1.165) is 28.9 Å². The van der Waals surface area contributed by atoms with Crippen LogP contribution < -0.4 is 5.56 Å². The van der Waals surface area contributed by atoms with E-state index < -0.39 is 0 Å². The maximum Gasteiger partial charge on any atom is 0.254 e. The van der Waals surface area contributed by atoms with Gasteiger partial charge in [0.2, 0.25) is 0 Å². The number of nitrogens with one attached hydrogen (secondary N) is 1. The van der Waals surface area contributed by atoms with Crippen LogP contribution in [0.25, 0.3) is 11.4 Å². The summed E-state index contributed by atoms with van der Waals surface area (Å²) in [7, 11) is 0. The van der Waals surface area contributed by atoms with Crippen LogP contribution in [0.2, 0.25) is 10.3 Å². The standard InChI is InChI=1S/C19H16Cl2N4O/c20-16-7-6-13(17(21)23-16)10-25-9-8-14-15(11-25)22-18(24-19(14)26)12-4-2-1-3-5-12/h1-7H,8-11H2,(H,22,24,26). The smallest absolute Gasteiger partial charge is 0.254 e. The van der Waals surface area contributed by atoms with Crippen LogP contribution >= 0.6 is 23.2 Å². The molecule has 1 aromatic carbocycles. The van der Waals surface area contributed by atoms with Gasteiger partial charge in [-0.15, -0.1) is 0 Å². The lowest BCUT2D eigenvalue weighted by Gasteiger charge is -2.27. The molecule has 0 unspecified atom stereocenters. The summed E-state index contributed by atoms with van der Waals surface area (Å²) < 4.78 is 0. The van der Waals surface area contributed by atoms with Crippen LogP contribution in [-0.4, -0.2) is 26.4 Å². The monoisotopic (exact) mass is 386 g/mol. The molecule has 26 heavy (non-hydrogen) atoms. The Morgan fingerprint density at radius 3 is 2.65 bits per heavy atom. The Morgan fingerprint density at radius 1 is 1.08 bits per heavy atom. The van der Waals surface area contributed by atoms with Crippen molar-refractivity contribution in [3.8, 4) is 11.4 Å². The maximum atomic E-state index is 12.5. The van der Waals surface area contributed by atoms with E-state index in [1.165, 1.54) is 0 Å². The molecule has 3 aromatic rings. The Balaban J connectivity index is 1.61. The van der Waals surface area contributed by atoms with Crippen LogP contribution in [0.4, 0.5) is 0 Å². The Hall–Kier alpha value is -2.21. The highest BCUT2D eigenvalue weighted by Crippen LogP contribution is 2.23. The molecule has 0 aliphatic carbocycles. The largest absolute Gasteiger partial charge is 0.306 e. The van der Waals surface area contributed by atoms with Gasteiger partial charge in [0.25, 0.3) is 5.56 Å². The van der Waals surface area contributed by atoms with Gasteiger partial charge in [-0.05, 0) is 12.5 Å². The van der Waals surface area contributed by atoms with Gasteiger partial charge in [-0.2, -0.15) is 0 Å². The number of H-pyrrole nitrogens is 1. The third kappa shape index (κ3) is 3.51. The van der Waals surface area contributed by atoms with Crippen molar-refractivity contribution in [2.24, 2.45) is 0 Å². The molecule has 0 saturated carbocycles. The van der Waals surface area contributed by atoms with Crippen molar-refractivity contribution in [2.45, 2.75) is 19.5 Å². The van der Waals surface area contributed by atoms with Gasteiger partial charge in [-0.3, -0.25) is 9.69 Å². The molecule has 0 saturated heterocycles. The van der Waals surface area contributed by atoms with Crippen LogP contribution in [0.5, 0.6) is 0 Å². The van der Waals surface area contributed by atoms with Crippen LogP contribution in [0.3, 0.4) is 0 Å². The molecule has 0 bridgehead atoms. The molecule has 0 fully saturated rings. The van der Waals surface area contributed by atoms with Crippen molar-refractivity contribution in [1.82, 2.24) is 19.9 Å². The maximum absolute atomic E-state index is 12.5. The number of halogens is 2. The fourth-order valence-corrected chi connectivity index (χ4v) is 3.57. The second-order valence-corrected chi connectivity index (χ2v) is 7.00. The summed E-state index contributed by atoms with van der Waals surface area (Å²) in [5.41, 5.74) is 3.33. The highest BCUT2D eigenvalue weighted by Gasteiger charge is 2.22. The van der Waals surface area contributed by atoms with E-state index >= 15 is 0 Å². The molecule has 4 rings (SSSR count). The molecule has 3 heterocycles. The van der Waals surface area contributed by atoms with Crippen molar-refractivity contribution in [3.05, 3.63) is 79.9 Å². The summed E-state index contributed by atoms with van der Waals surface area (Å²) in [6.45, 7) is 2.00. The summed E-state index contributed by atoms with van der Waals surface area (Å²) in [6.07, 6.45) is 0.658. The van der Waals surface area contributed by atoms with E-state index in [1.54, 1.807) is 6.07 Å². The van der Waals surface area contributed by atoms with Gasteiger partial charge in [0.1, 0.15) is 16.1 Å². The van der Waals surface area contributed by atoms with E-state index in [1.807, 2.05) is 36.4 Å². The van der Waals surface area contributed by atoms with Crippen LogP contribution in [0.15, 0.2) is 47.3 Å². The molecular weight excluding hydrogens is 371 g/mol. The first-order chi connectivity index (χ1) is 12.6. The highest BCUT2D eigenvalue weighted by molar-refractivity contribution is 6.32. The zero-order chi connectivity index (χ0) is 18.1. The van der Waals surface area contributed by atoms with Gasteiger partial charge in [0.15, 0.2) is 0 Å². The van der Waals surface area contributed by atoms with E-state index in [0.29, 0.717) is 35.6 Å². The van der Waals surface area contributed by atoms with Crippen molar-refractivity contribution < 1.29 is 0 Å². The minimum absolute atomic E-state index is 0.0558. The predicted molar refractivity (Wildman–Crippen MR) is 102 cm³/mol. The first-order valence-corrected chi connectivity index (χ1v) is 9.06. The Labute approximate surface area is 160 Å². The Morgan fingerprint density at radius 2 is 1.88 bits per heavy atom. The lowest BCUT2D eigenvalue weighted by molar-refractivity contribution is 0.240. The molecule has 5 nitrogen and oxygen atoms in total. The van der Waals surface area contributed by atoms with Gasteiger partial charge in [0.05, 0.1) is 5.69 Å². The van der Waals surface area contributed by atoms with E-state index in [2.05, 4.69) is 14.9 Å². The quantitative estimate of drug-likeness (QED) is 0.697. The average molecular weight is 387 g/mol. The summed E-state index contributed by atoms with van der Waals surface area (Å²) in [5.74, 6) is 0.599. The molecule has 0 spiro atoms. The molecule has 1 aliphatic heterocycles. The van der Waals surface area contributed by atoms with Crippen molar-refractivity contribution in [1.29, 1.82) is 0 Å².